The van der Waals surface area contributed by atoms with Crippen molar-refractivity contribution in [2.75, 3.05) is 0 Å². The lowest BCUT2D eigenvalue weighted by Crippen LogP contribution is -2.33. The number of hydrogen-bond acceptors (Lipinski definition) is 3. The Labute approximate surface area is 148 Å². The molecule has 0 aliphatic carbocycles. The number of benzene rings is 2. The molecule has 1 N–H and O–H groups in total. The number of nitrogens with one attached hydrogen (secondary N) is 1. The third-order valence-corrected chi connectivity index (χ3v) is 3.33. The van der Waals surface area contributed by atoms with Crippen LogP contribution in [0, 0.1) is 0 Å². The monoisotopic (exact) mass is 418 g/mol. The van der Waals surface area contributed by atoms with E-state index >= 15 is 0 Å². The van der Waals surface area contributed by atoms with Crippen LogP contribution >= 0.6 is 15.9 Å². The van der Waals surface area contributed by atoms with Crippen LogP contribution < -0.4 is 10.2 Å². The summed E-state index contributed by atoms with van der Waals surface area (Å²) in [5, 5.41) is 3.74. The molecule has 4 nitrogen and oxygen atoms in total. The minimum atomic E-state index is -4.64. The second-order valence-electron chi connectivity index (χ2n) is 4.75. The van der Waals surface area contributed by atoms with Crippen LogP contribution in [0.25, 0.3) is 0 Å². The zero-order chi connectivity index (χ0) is 18.4. The van der Waals surface area contributed by atoms with E-state index in [9.17, 15) is 22.4 Å². The van der Waals surface area contributed by atoms with Gasteiger partial charge < -0.3 is 4.74 Å². The van der Waals surface area contributed by atoms with Crippen molar-refractivity contribution in [2.24, 2.45) is 5.10 Å². The first-order chi connectivity index (χ1) is 11.8. The number of rotatable bonds is 6. The van der Waals surface area contributed by atoms with E-state index in [0.29, 0.717) is 5.56 Å². The van der Waals surface area contributed by atoms with Gasteiger partial charge >= 0.3 is 12.5 Å². The van der Waals surface area contributed by atoms with Crippen LogP contribution in [-0.2, 0) is 0 Å². The van der Waals surface area contributed by atoms with E-state index in [1.54, 1.807) is 18.2 Å². The zero-order valence-electron chi connectivity index (χ0n) is 12.4. The van der Waals surface area contributed by atoms with Crippen molar-refractivity contribution in [1.29, 1.82) is 0 Å². The second kappa shape index (κ2) is 8.11. The summed E-state index contributed by atoms with van der Waals surface area (Å²) in [5.41, 5.74) is 2.84. The molecule has 132 valence electrons. The largest absolute Gasteiger partial charge is 0.461 e. The topological polar surface area (TPSA) is 50.7 Å². The number of alkyl halides is 4. The highest BCUT2D eigenvalue weighted by Crippen LogP contribution is 2.27. The number of carbonyl (C=O) groups excluding carboxylic acids is 1. The molecule has 0 bridgehead atoms. The normalized spacial score (nSPS) is 11.8. The number of ether oxygens (including phenoxy) is 1. The summed E-state index contributed by atoms with van der Waals surface area (Å²) < 4.78 is 54.8. The number of carbonyl (C=O) groups is 1. The molecular formula is C16H11BrF4N2O2. The van der Waals surface area contributed by atoms with E-state index in [1.165, 1.54) is 18.3 Å². The van der Waals surface area contributed by atoms with Gasteiger partial charge in [0.05, 0.1) is 6.21 Å². The van der Waals surface area contributed by atoms with Gasteiger partial charge in [0.1, 0.15) is 5.75 Å². The van der Waals surface area contributed by atoms with E-state index in [0.717, 1.165) is 16.6 Å². The summed E-state index contributed by atoms with van der Waals surface area (Å²) in [5.74, 6) is -1.27. The van der Waals surface area contributed by atoms with Crippen molar-refractivity contribution in [1.82, 2.24) is 5.43 Å². The van der Waals surface area contributed by atoms with Gasteiger partial charge in [-0.2, -0.15) is 22.7 Å². The molecule has 0 aromatic heterocycles. The quantitative estimate of drug-likeness (QED) is 0.428. The Hall–Kier alpha value is -2.42. The molecule has 0 aliphatic rings. The van der Waals surface area contributed by atoms with Crippen LogP contribution in [0.5, 0.6) is 5.75 Å². The highest BCUT2D eigenvalue weighted by Gasteiger charge is 2.44. The highest BCUT2D eigenvalue weighted by molar-refractivity contribution is 9.10. The molecule has 0 atom stereocenters. The standard InChI is InChI=1S/C16H11BrF4N2O2/c17-12-5-1-3-10(7-12)9-22-23-14(24)11-4-2-6-13(8-11)25-16(20,21)15(18)19/h1-9,15H,(H,23,24)/b22-9+. The minimum Gasteiger partial charge on any atom is -0.428 e. The average Bonchev–Trinajstić information content (AvgIpc) is 2.54. The lowest BCUT2D eigenvalue weighted by Gasteiger charge is -2.16. The van der Waals surface area contributed by atoms with E-state index in [1.807, 2.05) is 6.07 Å². The molecule has 1 amide bonds. The Balaban J connectivity index is 2.03. The Morgan fingerprint density at radius 2 is 1.92 bits per heavy atom. The Morgan fingerprint density at radius 1 is 1.20 bits per heavy atom. The molecular weight excluding hydrogens is 408 g/mol. The van der Waals surface area contributed by atoms with Crippen LogP contribution in [-0.4, -0.2) is 24.7 Å². The average molecular weight is 419 g/mol. The van der Waals surface area contributed by atoms with Crippen LogP contribution in [0.4, 0.5) is 17.6 Å². The van der Waals surface area contributed by atoms with Gasteiger partial charge in [0.25, 0.3) is 5.91 Å². The van der Waals surface area contributed by atoms with Gasteiger partial charge in [0.2, 0.25) is 0 Å². The van der Waals surface area contributed by atoms with Crippen LogP contribution in [0.2, 0.25) is 0 Å². The highest BCUT2D eigenvalue weighted by atomic mass is 79.9. The first-order valence-electron chi connectivity index (χ1n) is 6.82. The molecule has 25 heavy (non-hydrogen) atoms. The van der Waals surface area contributed by atoms with E-state index in [4.69, 9.17) is 0 Å². The van der Waals surface area contributed by atoms with Crippen molar-refractivity contribution >= 4 is 28.1 Å². The van der Waals surface area contributed by atoms with Crippen molar-refractivity contribution in [3.05, 3.63) is 64.1 Å². The summed E-state index contributed by atoms with van der Waals surface area (Å²) in [7, 11) is 0. The molecule has 0 spiro atoms. The molecule has 0 aliphatic heterocycles. The second-order valence-corrected chi connectivity index (χ2v) is 5.66. The van der Waals surface area contributed by atoms with Crippen LogP contribution in [0.15, 0.2) is 58.1 Å². The minimum absolute atomic E-state index is 0.0750. The third kappa shape index (κ3) is 5.56. The Morgan fingerprint density at radius 3 is 2.60 bits per heavy atom. The summed E-state index contributed by atoms with van der Waals surface area (Å²) in [6.07, 6.45) is -7.25. The number of nitrogens with zero attached hydrogens (tertiary/aromatic N) is 1. The molecule has 0 fully saturated rings. The van der Waals surface area contributed by atoms with Gasteiger partial charge in [-0.25, -0.2) is 5.43 Å². The van der Waals surface area contributed by atoms with Gasteiger partial charge in [-0.05, 0) is 35.9 Å². The molecule has 0 heterocycles. The van der Waals surface area contributed by atoms with Crippen molar-refractivity contribution in [3.8, 4) is 5.75 Å². The van der Waals surface area contributed by atoms with Crippen molar-refractivity contribution < 1.29 is 27.1 Å². The lowest BCUT2D eigenvalue weighted by atomic mass is 10.2. The molecule has 2 rings (SSSR count). The summed E-state index contributed by atoms with van der Waals surface area (Å²) in [4.78, 5) is 11.9. The molecule has 0 unspecified atom stereocenters. The summed E-state index contributed by atoms with van der Waals surface area (Å²) in [6.45, 7) is 0. The van der Waals surface area contributed by atoms with E-state index < -0.39 is 24.2 Å². The number of hydrazone groups is 1. The smallest absolute Gasteiger partial charge is 0.428 e. The van der Waals surface area contributed by atoms with Gasteiger partial charge in [-0.15, -0.1) is 0 Å². The van der Waals surface area contributed by atoms with Gasteiger partial charge in [0, 0.05) is 10.0 Å². The first-order valence-corrected chi connectivity index (χ1v) is 7.61. The van der Waals surface area contributed by atoms with Gasteiger partial charge in [-0.3, -0.25) is 4.79 Å². The number of halogens is 5. The maximum Gasteiger partial charge on any atom is 0.461 e. The molecule has 0 radical (unpaired) electrons. The number of hydrogen-bond donors (Lipinski definition) is 1. The fraction of sp³-hybridized carbons (Fsp3) is 0.125. The molecule has 0 saturated heterocycles. The molecule has 2 aromatic rings. The predicted octanol–water partition coefficient (Wildman–Crippen LogP) is 4.45. The molecule has 9 heteroatoms. The Bertz CT molecular complexity index is 784. The first kappa shape index (κ1) is 18.9. The van der Waals surface area contributed by atoms with Gasteiger partial charge in [0.15, 0.2) is 0 Å². The van der Waals surface area contributed by atoms with E-state index in [2.05, 4.69) is 31.2 Å². The fourth-order valence-electron chi connectivity index (χ4n) is 1.72. The predicted molar refractivity (Wildman–Crippen MR) is 87.2 cm³/mol. The zero-order valence-corrected chi connectivity index (χ0v) is 14.0. The Kier molecular flexibility index (Phi) is 6.13. The summed E-state index contributed by atoms with van der Waals surface area (Å²) >= 11 is 3.28. The maximum absolute atomic E-state index is 12.9. The number of amides is 1. The van der Waals surface area contributed by atoms with Crippen LogP contribution in [0.1, 0.15) is 15.9 Å². The maximum atomic E-state index is 12.9. The van der Waals surface area contributed by atoms with Gasteiger partial charge in [-0.1, -0.05) is 34.1 Å². The van der Waals surface area contributed by atoms with Crippen LogP contribution in [0.3, 0.4) is 0 Å². The van der Waals surface area contributed by atoms with E-state index in [-0.39, 0.29) is 5.56 Å². The molecule has 0 saturated carbocycles. The SMILES string of the molecule is O=C(N/N=C/c1cccc(Br)c1)c1cccc(OC(F)(F)C(F)F)c1. The van der Waals surface area contributed by atoms with Crippen molar-refractivity contribution in [2.45, 2.75) is 12.5 Å². The summed E-state index contributed by atoms with van der Waals surface area (Å²) in [6, 6.07) is 11.6. The van der Waals surface area contributed by atoms with Crippen molar-refractivity contribution in [3.63, 3.8) is 0 Å². The molecule has 2 aromatic carbocycles. The lowest BCUT2D eigenvalue weighted by molar-refractivity contribution is -0.253. The fourth-order valence-corrected chi connectivity index (χ4v) is 2.14. The third-order valence-electron chi connectivity index (χ3n) is 2.83.